The highest BCUT2D eigenvalue weighted by atomic mass is 32.2. The summed E-state index contributed by atoms with van der Waals surface area (Å²) in [5.74, 6) is -0.554. The fraction of sp³-hybridized carbons (Fsp3) is 0.212. The molecule has 43 heavy (non-hydrogen) atoms. The number of para-hydroxylation sites is 1. The number of nitrogens with one attached hydrogen (secondary N) is 1. The number of amides is 2. The van der Waals surface area contributed by atoms with Crippen molar-refractivity contribution in [3.8, 4) is 11.5 Å². The minimum Gasteiger partial charge on any atom is -0.457 e. The van der Waals surface area contributed by atoms with E-state index in [1.807, 2.05) is 25.1 Å². The molecule has 0 bridgehead atoms. The molecule has 0 heterocycles. The van der Waals surface area contributed by atoms with Gasteiger partial charge in [-0.05, 0) is 67.9 Å². The topological polar surface area (TPSA) is 96.0 Å². The van der Waals surface area contributed by atoms with Gasteiger partial charge in [0, 0.05) is 18.7 Å². The summed E-state index contributed by atoms with van der Waals surface area (Å²) in [6.07, 6.45) is 0.687. The van der Waals surface area contributed by atoms with Crippen molar-refractivity contribution in [3.63, 3.8) is 0 Å². The highest BCUT2D eigenvalue weighted by Crippen LogP contribution is 2.28. The predicted octanol–water partition coefficient (Wildman–Crippen LogP) is 5.76. The maximum absolute atomic E-state index is 14.7. The number of ether oxygens (including phenoxy) is 1. The summed E-state index contributed by atoms with van der Waals surface area (Å²) in [6.45, 7) is 2.98. The summed E-state index contributed by atoms with van der Waals surface area (Å²) in [5.41, 5.74) is 0.414. The van der Waals surface area contributed by atoms with Crippen molar-refractivity contribution >= 4 is 27.5 Å². The maximum atomic E-state index is 14.7. The van der Waals surface area contributed by atoms with Gasteiger partial charge in [0.2, 0.25) is 11.8 Å². The summed E-state index contributed by atoms with van der Waals surface area (Å²) in [5, 5.41) is 2.76. The number of benzene rings is 4. The molecule has 1 atom stereocenters. The van der Waals surface area contributed by atoms with E-state index in [0.717, 1.165) is 4.31 Å². The Balaban J connectivity index is 1.69. The smallest absolute Gasteiger partial charge is 0.264 e. The lowest BCUT2D eigenvalue weighted by atomic mass is 10.1. The first-order valence-electron chi connectivity index (χ1n) is 13.9. The average Bonchev–Trinajstić information content (AvgIpc) is 3.03. The fourth-order valence-electron chi connectivity index (χ4n) is 4.34. The van der Waals surface area contributed by atoms with Gasteiger partial charge in [0.1, 0.15) is 29.9 Å². The van der Waals surface area contributed by atoms with Crippen LogP contribution in [0.15, 0.2) is 114 Å². The molecule has 0 radical (unpaired) electrons. The molecule has 4 aromatic carbocycles. The minimum absolute atomic E-state index is 0.0122. The third-order valence-corrected chi connectivity index (χ3v) is 8.52. The van der Waals surface area contributed by atoms with Gasteiger partial charge in [-0.25, -0.2) is 12.8 Å². The second-order valence-corrected chi connectivity index (χ2v) is 11.7. The second-order valence-electron chi connectivity index (χ2n) is 9.81. The summed E-state index contributed by atoms with van der Waals surface area (Å²) in [6, 6.07) is 28.1. The molecule has 0 aliphatic rings. The van der Waals surface area contributed by atoms with E-state index in [9.17, 15) is 22.4 Å². The number of anilines is 1. The molecule has 1 N–H and O–H groups in total. The van der Waals surface area contributed by atoms with E-state index in [4.69, 9.17) is 4.74 Å². The van der Waals surface area contributed by atoms with Crippen molar-refractivity contribution in [2.75, 3.05) is 17.4 Å². The summed E-state index contributed by atoms with van der Waals surface area (Å²) < 4.78 is 49.3. The first kappa shape index (κ1) is 31.2. The van der Waals surface area contributed by atoms with Crippen LogP contribution in [0.4, 0.5) is 10.1 Å². The van der Waals surface area contributed by atoms with E-state index in [1.54, 1.807) is 60.7 Å². The Bertz CT molecular complexity index is 1620. The van der Waals surface area contributed by atoms with Crippen LogP contribution in [0, 0.1) is 5.82 Å². The Hall–Kier alpha value is -4.70. The molecular formula is C33H34FN3O5S. The first-order valence-corrected chi connectivity index (χ1v) is 15.4. The third kappa shape index (κ3) is 7.98. The second kappa shape index (κ2) is 14.5. The maximum Gasteiger partial charge on any atom is 0.264 e. The van der Waals surface area contributed by atoms with Gasteiger partial charge in [-0.15, -0.1) is 0 Å². The van der Waals surface area contributed by atoms with Crippen LogP contribution in [-0.2, 0) is 26.2 Å². The number of carbonyl (C=O) groups is 2. The highest BCUT2D eigenvalue weighted by Gasteiger charge is 2.32. The minimum atomic E-state index is -4.23. The molecule has 4 aromatic rings. The Labute approximate surface area is 251 Å². The van der Waals surface area contributed by atoms with Crippen LogP contribution in [0.2, 0.25) is 0 Å². The molecule has 0 saturated heterocycles. The number of nitrogens with zero attached hydrogens (tertiary/aromatic N) is 2. The van der Waals surface area contributed by atoms with Crippen LogP contribution in [0.3, 0.4) is 0 Å². The molecule has 0 fully saturated rings. The van der Waals surface area contributed by atoms with Gasteiger partial charge in [0.15, 0.2) is 0 Å². The van der Waals surface area contributed by atoms with E-state index in [-0.39, 0.29) is 22.7 Å². The Morgan fingerprint density at radius 2 is 1.42 bits per heavy atom. The highest BCUT2D eigenvalue weighted by molar-refractivity contribution is 7.92. The first-order chi connectivity index (χ1) is 20.7. The van der Waals surface area contributed by atoms with Crippen LogP contribution in [-0.4, -0.2) is 44.3 Å². The van der Waals surface area contributed by atoms with Gasteiger partial charge < -0.3 is 15.0 Å². The zero-order valence-corrected chi connectivity index (χ0v) is 24.8. The quantitative estimate of drug-likeness (QED) is 0.210. The van der Waals surface area contributed by atoms with Crippen molar-refractivity contribution in [3.05, 3.63) is 121 Å². The number of carbonyl (C=O) groups excluding carboxylic acids is 2. The molecule has 0 aliphatic carbocycles. The normalized spacial score (nSPS) is 11.8. The molecule has 0 unspecified atom stereocenters. The summed E-state index contributed by atoms with van der Waals surface area (Å²) in [7, 11) is -4.23. The van der Waals surface area contributed by atoms with E-state index in [2.05, 4.69) is 5.32 Å². The Morgan fingerprint density at radius 1 is 0.837 bits per heavy atom. The van der Waals surface area contributed by atoms with Crippen molar-refractivity contribution in [1.29, 1.82) is 0 Å². The number of hydrogen-bond donors (Lipinski definition) is 1. The lowest BCUT2D eigenvalue weighted by Crippen LogP contribution is -2.51. The standard InChI is InChI=1S/C33H34FN3O5S/c1-3-22-35-33(39)25(2)36(23-26-12-10-11-17-31(26)34)32(38)24-37(43(40,41)30-15-8-5-9-16-30)27-18-20-29(21-19-27)42-28-13-6-4-7-14-28/h4-21,25H,3,22-24H2,1-2H3,(H,35,39)/t25-/m1/s1. The van der Waals surface area contributed by atoms with Crippen molar-refractivity contribution in [1.82, 2.24) is 10.2 Å². The lowest BCUT2D eigenvalue weighted by molar-refractivity contribution is -0.139. The molecule has 8 nitrogen and oxygen atoms in total. The molecule has 0 aliphatic heterocycles. The number of sulfonamides is 1. The zero-order valence-electron chi connectivity index (χ0n) is 24.0. The number of hydrogen-bond acceptors (Lipinski definition) is 5. The van der Waals surface area contributed by atoms with Gasteiger partial charge in [0.05, 0.1) is 10.6 Å². The molecular weight excluding hydrogens is 569 g/mol. The van der Waals surface area contributed by atoms with E-state index >= 15 is 0 Å². The summed E-state index contributed by atoms with van der Waals surface area (Å²) in [4.78, 5) is 28.1. The van der Waals surface area contributed by atoms with Gasteiger partial charge in [0.25, 0.3) is 10.0 Å². The van der Waals surface area contributed by atoms with Crippen LogP contribution in [0.5, 0.6) is 11.5 Å². The van der Waals surface area contributed by atoms with Crippen LogP contribution < -0.4 is 14.4 Å². The average molecular weight is 604 g/mol. The molecule has 0 spiro atoms. The summed E-state index contributed by atoms with van der Waals surface area (Å²) >= 11 is 0. The van der Waals surface area contributed by atoms with E-state index < -0.39 is 40.2 Å². The van der Waals surface area contributed by atoms with E-state index in [1.165, 1.54) is 42.2 Å². The van der Waals surface area contributed by atoms with Crippen LogP contribution >= 0.6 is 0 Å². The molecule has 224 valence electrons. The molecule has 2 amide bonds. The van der Waals surface area contributed by atoms with Gasteiger partial charge in [-0.2, -0.15) is 0 Å². The molecule has 0 saturated carbocycles. The molecule has 10 heteroatoms. The van der Waals surface area contributed by atoms with E-state index in [0.29, 0.717) is 24.5 Å². The van der Waals surface area contributed by atoms with Crippen LogP contribution in [0.25, 0.3) is 0 Å². The monoisotopic (exact) mass is 603 g/mol. The van der Waals surface area contributed by atoms with Crippen LogP contribution in [0.1, 0.15) is 25.8 Å². The fourth-order valence-corrected chi connectivity index (χ4v) is 5.78. The predicted molar refractivity (Wildman–Crippen MR) is 164 cm³/mol. The zero-order chi connectivity index (χ0) is 30.8. The Kier molecular flexibility index (Phi) is 10.5. The largest absolute Gasteiger partial charge is 0.457 e. The number of rotatable bonds is 13. The van der Waals surface area contributed by atoms with Crippen molar-refractivity contribution < 1.29 is 27.1 Å². The lowest BCUT2D eigenvalue weighted by Gasteiger charge is -2.32. The van der Waals surface area contributed by atoms with Gasteiger partial charge >= 0.3 is 0 Å². The molecule has 4 rings (SSSR count). The van der Waals surface area contributed by atoms with Gasteiger partial charge in [-0.3, -0.25) is 13.9 Å². The SMILES string of the molecule is CCCNC(=O)[C@@H](C)N(Cc1ccccc1F)C(=O)CN(c1ccc(Oc2ccccc2)cc1)S(=O)(=O)c1ccccc1. The van der Waals surface area contributed by atoms with Crippen molar-refractivity contribution in [2.45, 2.75) is 37.8 Å². The number of halogens is 1. The Morgan fingerprint density at radius 3 is 2.05 bits per heavy atom. The molecule has 0 aromatic heterocycles. The van der Waals surface area contributed by atoms with Crippen molar-refractivity contribution in [2.24, 2.45) is 0 Å². The third-order valence-electron chi connectivity index (χ3n) is 6.73. The van der Waals surface area contributed by atoms with Gasteiger partial charge in [-0.1, -0.05) is 61.5 Å².